The van der Waals surface area contributed by atoms with Crippen LogP contribution in [0.5, 0.6) is 11.5 Å². The highest BCUT2D eigenvalue weighted by atomic mass is 16.5. The minimum Gasteiger partial charge on any atom is -0.491 e. The molecule has 4 nitrogen and oxygen atoms in total. The summed E-state index contributed by atoms with van der Waals surface area (Å²) < 4.78 is 11.6. The molecular weight excluding hydrogens is 338 g/mol. The van der Waals surface area contributed by atoms with Gasteiger partial charge in [-0.1, -0.05) is 54.1 Å². The second-order valence-corrected chi connectivity index (χ2v) is 6.65. The van der Waals surface area contributed by atoms with Gasteiger partial charge in [0.15, 0.2) is 6.10 Å². The maximum atomic E-state index is 12.3. The summed E-state index contributed by atoms with van der Waals surface area (Å²) in [6.45, 7) is 6.58. The second kappa shape index (κ2) is 8.58. The Bertz CT molecular complexity index is 931. The van der Waals surface area contributed by atoms with Gasteiger partial charge in [0.05, 0.1) is 6.54 Å². The lowest BCUT2D eigenvalue weighted by atomic mass is 10.1. The largest absolute Gasteiger partial charge is 0.491 e. The molecule has 1 atom stereocenters. The van der Waals surface area contributed by atoms with Gasteiger partial charge in [0.1, 0.15) is 18.1 Å². The Morgan fingerprint density at radius 1 is 1.00 bits per heavy atom. The number of hydrogen-bond acceptors (Lipinski definition) is 3. The first kappa shape index (κ1) is 18.8. The van der Waals surface area contributed by atoms with Gasteiger partial charge in [-0.25, -0.2) is 0 Å². The first-order valence-electron chi connectivity index (χ1n) is 9.17. The molecule has 0 aliphatic heterocycles. The summed E-state index contributed by atoms with van der Waals surface area (Å²) in [7, 11) is 0. The van der Waals surface area contributed by atoms with E-state index in [0.717, 1.165) is 27.8 Å². The van der Waals surface area contributed by atoms with Gasteiger partial charge in [-0.3, -0.25) is 4.79 Å². The number of carbonyl (C=O) groups is 1. The van der Waals surface area contributed by atoms with Crippen LogP contribution < -0.4 is 14.8 Å². The van der Waals surface area contributed by atoms with Crippen LogP contribution in [0.1, 0.15) is 18.1 Å². The number of amides is 1. The number of benzene rings is 3. The van der Waals surface area contributed by atoms with Gasteiger partial charge in [-0.2, -0.15) is 0 Å². The normalized spacial score (nSPS) is 11.8. The summed E-state index contributed by atoms with van der Waals surface area (Å²) in [5, 5.41) is 5.06. The molecule has 3 rings (SSSR count). The lowest BCUT2D eigenvalue weighted by Gasteiger charge is -2.17. The van der Waals surface area contributed by atoms with Crippen LogP contribution in [0.3, 0.4) is 0 Å². The molecule has 140 valence electrons. The zero-order valence-electron chi connectivity index (χ0n) is 16.0. The molecular formula is C23H25NO3. The molecule has 3 aromatic rings. The maximum absolute atomic E-state index is 12.3. The SMILES string of the molecule is Cc1ccc(OC(C)C(=O)NCCOc2cccc3ccccc23)c(C)c1. The Kier molecular flexibility index (Phi) is 5.97. The van der Waals surface area contributed by atoms with E-state index in [0.29, 0.717) is 13.2 Å². The van der Waals surface area contributed by atoms with Gasteiger partial charge in [-0.05, 0) is 43.9 Å². The molecule has 3 aromatic carbocycles. The van der Waals surface area contributed by atoms with Crippen molar-refractivity contribution in [2.45, 2.75) is 26.9 Å². The molecule has 0 spiro atoms. The summed E-state index contributed by atoms with van der Waals surface area (Å²) in [4.78, 5) is 12.3. The van der Waals surface area contributed by atoms with Crippen LogP contribution in [0.15, 0.2) is 60.7 Å². The van der Waals surface area contributed by atoms with Crippen LogP contribution in [-0.2, 0) is 4.79 Å². The van der Waals surface area contributed by atoms with E-state index in [1.54, 1.807) is 6.92 Å². The summed E-state index contributed by atoms with van der Waals surface area (Å²) in [6, 6.07) is 20.0. The molecule has 0 saturated carbocycles. The van der Waals surface area contributed by atoms with Crippen molar-refractivity contribution in [3.63, 3.8) is 0 Å². The van der Waals surface area contributed by atoms with E-state index in [2.05, 4.69) is 17.4 Å². The molecule has 0 aromatic heterocycles. The lowest BCUT2D eigenvalue weighted by molar-refractivity contribution is -0.127. The fourth-order valence-electron chi connectivity index (χ4n) is 2.98. The van der Waals surface area contributed by atoms with Crippen molar-refractivity contribution < 1.29 is 14.3 Å². The van der Waals surface area contributed by atoms with Crippen LogP contribution in [0.25, 0.3) is 10.8 Å². The molecule has 1 N–H and O–H groups in total. The Morgan fingerprint density at radius 2 is 1.78 bits per heavy atom. The number of nitrogens with one attached hydrogen (secondary N) is 1. The molecule has 1 amide bonds. The smallest absolute Gasteiger partial charge is 0.260 e. The molecule has 1 unspecified atom stereocenters. The quantitative estimate of drug-likeness (QED) is 0.632. The van der Waals surface area contributed by atoms with E-state index in [-0.39, 0.29) is 5.91 Å². The van der Waals surface area contributed by atoms with Crippen LogP contribution in [-0.4, -0.2) is 25.2 Å². The summed E-state index contributed by atoms with van der Waals surface area (Å²) in [5.74, 6) is 1.40. The van der Waals surface area contributed by atoms with Crippen molar-refractivity contribution in [1.82, 2.24) is 5.32 Å². The molecule has 0 fully saturated rings. The maximum Gasteiger partial charge on any atom is 0.260 e. The predicted molar refractivity (Wildman–Crippen MR) is 108 cm³/mol. The molecule has 27 heavy (non-hydrogen) atoms. The average molecular weight is 363 g/mol. The average Bonchev–Trinajstić information content (AvgIpc) is 2.67. The van der Waals surface area contributed by atoms with Crippen LogP contribution >= 0.6 is 0 Å². The number of rotatable bonds is 7. The predicted octanol–water partition coefficient (Wildman–Crippen LogP) is 4.42. The second-order valence-electron chi connectivity index (χ2n) is 6.65. The fourth-order valence-corrected chi connectivity index (χ4v) is 2.98. The van der Waals surface area contributed by atoms with E-state index < -0.39 is 6.10 Å². The monoisotopic (exact) mass is 363 g/mol. The number of carbonyl (C=O) groups excluding carboxylic acids is 1. The van der Waals surface area contributed by atoms with Crippen LogP contribution in [0.2, 0.25) is 0 Å². The van der Waals surface area contributed by atoms with E-state index in [4.69, 9.17) is 9.47 Å². The number of ether oxygens (including phenoxy) is 2. The summed E-state index contributed by atoms with van der Waals surface area (Å²) in [6.07, 6.45) is -0.566. The molecule has 0 aliphatic carbocycles. The highest BCUT2D eigenvalue weighted by Crippen LogP contribution is 2.25. The van der Waals surface area contributed by atoms with Crippen molar-refractivity contribution >= 4 is 16.7 Å². The number of aryl methyl sites for hydroxylation is 2. The minimum absolute atomic E-state index is 0.156. The third kappa shape index (κ3) is 4.79. The van der Waals surface area contributed by atoms with Gasteiger partial charge in [0.25, 0.3) is 5.91 Å². The Labute approximate surface area is 160 Å². The Hall–Kier alpha value is -3.01. The molecule has 4 heteroatoms. The van der Waals surface area contributed by atoms with Gasteiger partial charge in [0.2, 0.25) is 0 Å². The van der Waals surface area contributed by atoms with Crippen LogP contribution in [0.4, 0.5) is 0 Å². The van der Waals surface area contributed by atoms with E-state index in [1.165, 1.54) is 5.56 Å². The molecule has 0 radical (unpaired) electrons. The standard InChI is InChI=1S/C23H25NO3/c1-16-11-12-21(17(2)15-16)27-18(3)23(25)24-13-14-26-22-10-6-8-19-7-4-5-9-20(19)22/h4-12,15,18H,13-14H2,1-3H3,(H,24,25). The van der Waals surface area contributed by atoms with Gasteiger partial charge in [0, 0.05) is 5.39 Å². The Balaban J connectivity index is 1.49. The van der Waals surface area contributed by atoms with Crippen LogP contribution in [0, 0.1) is 13.8 Å². The molecule has 0 bridgehead atoms. The van der Waals surface area contributed by atoms with Crippen molar-refractivity contribution in [1.29, 1.82) is 0 Å². The third-order valence-corrected chi connectivity index (χ3v) is 4.41. The summed E-state index contributed by atoms with van der Waals surface area (Å²) in [5.41, 5.74) is 2.19. The highest BCUT2D eigenvalue weighted by Gasteiger charge is 2.15. The summed E-state index contributed by atoms with van der Waals surface area (Å²) >= 11 is 0. The zero-order chi connectivity index (χ0) is 19.2. The molecule has 0 heterocycles. The molecule has 0 aliphatic rings. The van der Waals surface area contributed by atoms with Crippen molar-refractivity contribution in [3.8, 4) is 11.5 Å². The first-order valence-corrected chi connectivity index (χ1v) is 9.17. The fraction of sp³-hybridized carbons (Fsp3) is 0.261. The third-order valence-electron chi connectivity index (χ3n) is 4.41. The first-order chi connectivity index (χ1) is 13.0. The molecule has 0 saturated heterocycles. The van der Waals surface area contributed by atoms with Crippen molar-refractivity contribution in [2.75, 3.05) is 13.2 Å². The van der Waals surface area contributed by atoms with E-state index in [9.17, 15) is 4.79 Å². The topological polar surface area (TPSA) is 47.6 Å². The van der Waals surface area contributed by atoms with E-state index >= 15 is 0 Å². The zero-order valence-corrected chi connectivity index (χ0v) is 16.0. The highest BCUT2D eigenvalue weighted by molar-refractivity contribution is 5.88. The van der Waals surface area contributed by atoms with Gasteiger partial charge < -0.3 is 14.8 Å². The van der Waals surface area contributed by atoms with Gasteiger partial charge in [-0.15, -0.1) is 0 Å². The number of fused-ring (bicyclic) bond motifs is 1. The number of hydrogen-bond donors (Lipinski definition) is 1. The van der Waals surface area contributed by atoms with E-state index in [1.807, 2.05) is 62.4 Å². The van der Waals surface area contributed by atoms with Gasteiger partial charge >= 0.3 is 0 Å². The Morgan fingerprint density at radius 3 is 2.59 bits per heavy atom. The van der Waals surface area contributed by atoms with Crippen molar-refractivity contribution in [2.24, 2.45) is 0 Å². The van der Waals surface area contributed by atoms with Crippen molar-refractivity contribution in [3.05, 3.63) is 71.8 Å². The lowest BCUT2D eigenvalue weighted by Crippen LogP contribution is -2.38. The minimum atomic E-state index is -0.566.